The zero-order valence-corrected chi connectivity index (χ0v) is 13.2. The maximum Gasteiger partial charge on any atom is 0.214 e. The molecule has 8 heteroatoms. The van der Waals surface area contributed by atoms with Crippen LogP contribution in [-0.2, 0) is 13.0 Å². The number of aromatic nitrogens is 5. The van der Waals surface area contributed by atoms with Crippen LogP contribution >= 0.6 is 11.3 Å². The molecule has 0 fully saturated rings. The van der Waals surface area contributed by atoms with Gasteiger partial charge in [0, 0.05) is 11.3 Å². The van der Waals surface area contributed by atoms with Crippen LogP contribution in [0.3, 0.4) is 0 Å². The molecular weight excluding hydrogens is 300 g/mol. The van der Waals surface area contributed by atoms with Gasteiger partial charge in [-0.05, 0) is 26.2 Å². The quantitative estimate of drug-likeness (QED) is 0.766. The maximum absolute atomic E-state index is 9.13. The summed E-state index contributed by atoms with van der Waals surface area (Å²) >= 11 is 1.57. The van der Waals surface area contributed by atoms with Crippen molar-refractivity contribution in [1.82, 2.24) is 24.4 Å². The number of hydrogen-bond acceptors (Lipinski definition) is 6. The molecule has 3 aromatic heterocycles. The average Bonchev–Trinajstić information content (AvgIpc) is 3.13. The molecule has 0 amide bonds. The molecular formula is C14H18N6OS. The highest BCUT2D eigenvalue weighted by molar-refractivity contribution is 7.20. The van der Waals surface area contributed by atoms with Crippen molar-refractivity contribution in [3.63, 3.8) is 0 Å². The summed E-state index contributed by atoms with van der Waals surface area (Å²) in [5.41, 5.74) is 3.44. The first-order valence-electron chi connectivity index (χ1n) is 7.49. The molecule has 1 aliphatic rings. The number of rotatable bonds is 4. The van der Waals surface area contributed by atoms with Crippen LogP contribution in [0.4, 0.5) is 5.13 Å². The minimum atomic E-state index is 0.120. The van der Waals surface area contributed by atoms with Crippen molar-refractivity contribution >= 4 is 21.4 Å². The van der Waals surface area contributed by atoms with Gasteiger partial charge in [0.1, 0.15) is 0 Å². The van der Waals surface area contributed by atoms with Crippen LogP contribution in [0.25, 0.3) is 4.96 Å². The zero-order valence-electron chi connectivity index (χ0n) is 12.4. The van der Waals surface area contributed by atoms with Crippen LogP contribution in [0.15, 0.2) is 12.4 Å². The lowest BCUT2D eigenvalue weighted by molar-refractivity contribution is 0.266. The Bertz CT molecular complexity index is 772. The molecule has 3 heterocycles. The van der Waals surface area contributed by atoms with Crippen LogP contribution in [0.2, 0.25) is 0 Å². The van der Waals surface area contributed by atoms with E-state index in [2.05, 4.69) is 20.5 Å². The molecule has 3 aromatic rings. The fourth-order valence-corrected chi connectivity index (χ4v) is 3.95. The molecule has 22 heavy (non-hydrogen) atoms. The predicted octanol–water partition coefficient (Wildman–Crippen LogP) is 1.78. The number of hydrogen-bond donors (Lipinski definition) is 2. The average molecular weight is 318 g/mol. The van der Waals surface area contributed by atoms with E-state index in [9.17, 15) is 0 Å². The lowest BCUT2D eigenvalue weighted by Crippen LogP contribution is -2.19. The molecule has 116 valence electrons. The summed E-state index contributed by atoms with van der Waals surface area (Å²) in [5.74, 6) is 0. The third-order valence-electron chi connectivity index (χ3n) is 4.04. The van der Waals surface area contributed by atoms with Gasteiger partial charge in [-0.3, -0.25) is 4.68 Å². The van der Waals surface area contributed by atoms with E-state index in [-0.39, 0.29) is 12.6 Å². The Balaban J connectivity index is 1.60. The Labute approximate surface area is 131 Å². The van der Waals surface area contributed by atoms with Crippen molar-refractivity contribution < 1.29 is 5.11 Å². The van der Waals surface area contributed by atoms with Gasteiger partial charge in [-0.25, -0.2) is 9.50 Å². The fraction of sp³-hybridized carbons (Fsp3) is 0.500. The number of imidazole rings is 1. The van der Waals surface area contributed by atoms with E-state index in [1.165, 1.54) is 11.3 Å². The van der Waals surface area contributed by atoms with Crippen LogP contribution in [0.1, 0.15) is 35.8 Å². The van der Waals surface area contributed by atoms with E-state index in [0.29, 0.717) is 6.54 Å². The molecule has 1 aliphatic carbocycles. The molecule has 0 saturated carbocycles. The van der Waals surface area contributed by atoms with Crippen molar-refractivity contribution in [2.45, 2.75) is 38.8 Å². The lowest BCUT2D eigenvalue weighted by Gasteiger charge is -2.23. The summed E-state index contributed by atoms with van der Waals surface area (Å²) in [6.45, 7) is 2.65. The number of aliphatic hydroxyl groups excluding tert-OH is 1. The summed E-state index contributed by atoms with van der Waals surface area (Å²) in [6.07, 6.45) is 7.06. The Morgan fingerprint density at radius 3 is 3.23 bits per heavy atom. The van der Waals surface area contributed by atoms with Gasteiger partial charge in [-0.15, -0.1) is 5.10 Å². The molecule has 2 N–H and O–H groups in total. The van der Waals surface area contributed by atoms with Gasteiger partial charge >= 0.3 is 0 Å². The summed E-state index contributed by atoms with van der Waals surface area (Å²) in [7, 11) is 0. The first-order chi connectivity index (χ1) is 10.7. The third kappa shape index (κ3) is 2.28. The van der Waals surface area contributed by atoms with Crippen molar-refractivity contribution in [2.75, 3.05) is 11.9 Å². The topological polar surface area (TPSA) is 80.3 Å². The third-order valence-corrected chi connectivity index (χ3v) is 4.89. The van der Waals surface area contributed by atoms with E-state index in [1.807, 2.05) is 28.5 Å². The molecule has 1 atom stereocenters. The molecule has 0 bridgehead atoms. The van der Waals surface area contributed by atoms with Crippen LogP contribution in [-0.4, -0.2) is 36.1 Å². The van der Waals surface area contributed by atoms with E-state index < -0.39 is 0 Å². The second-order valence-corrected chi connectivity index (χ2v) is 6.56. The Kier molecular flexibility index (Phi) is 3.34. The fourth-order valence-electron chi connectivity index (χ4n) is 3.07. The van der Waals surface area contributed by atoms with Crippen molar-refractivity contribution in [3.05, 3.63) is 29.3 Å². The number of nitrogens with one attached hydrogen (secondary N) is 1. The normalized spacial score (nSPS) is 17.8. The number of aryl methyl sites for hydroxylation is 1. The molecule has 0 aliphatic heterocycles. The monoisotopic (exact) mass is 318 g/mol. The van der Waals surface area contributed by atoms with E-state index in [0.717, 1.165) is 35.0 Å². The van der Waals surface area contributed by atoms with Crippen molar-refractivity contribution in [2.24, 2.45) is 0 Å². The summed E-state index contributed by atoms with van der Waals surface area (Å²) in [5, 5.41) is 22.5. The molecule has 0 saturated heterocycles. The van der Waals surface area contributed by atoms with Crippen LogP contribution in [0.5, 0.6) is 0 Å². The van der Waals surface area contributed by atoms with E-state index in [4.69, 9.17) is 5.11 Å². The van der Waals surface area contributed by atoms with Crippen molar-refractivity contribution in [3.8, 4) is 0 Å². The molecule has 0 spiro atoms. The smallest absolute Gasteiger partial charge is 0.214 e. The number of aliphatic hydroxyl groups is 1. The van der Waals surface area contributed by atoms with Crippen LogP contribution in [0, 0.1) is 6.92 Å². The standard InChI is InChI=1S/C14H18N6OS/c1-9-8-20-14(16-9)22-13(18-20)17-11-3-2-4-12-10(11)7-15-19(12)5-6-21/h7-8,11,21H,2-6H2,1H3,(H,17,18). The second kappa shape index (κ2) is 5.36. The highest BCUT2D eigenvalue weighted by Gasteiger charge is 2.25. The van der Waals surface area contributed by atoms with Gasteiger partial charge in [0.05, 0.1) is 37.3 Å². The molecule has 0 aromatic carbocycles. The Hall–Kier alpha value is -1.93. The summed E-state index contributed by atoms with van der Waals surface area (Å²) in [6, 6.07) is 0.230. The molecule has 0 radical (unpaired) electrons. The lowest BCUT2D eigenvalue weighted by atomic mass is 9.93. The van der Waals surface area contributed by atoms with Crippen LogP contribution < -0.4 is 5.32 Å². The molecule has 7 nitrogen and oxygen atoms in total. The Morgan fingerprint density at radius 1 is 1.50 bits per heavy atom. The van der Waals surface area contributed by atoms with E-state index >= 15 is 0 Å². The second-order valence-electron chi connectivity index (χ2n) is 5.60. The summed E-state index contributed by atoms with van der Waals surface area (Å²) < 4.78 is 3.74. The van der Waals surface area contributed by atoms with Gasteiger partial charge in [0.2, 0.25) is 10.1 Å². The maximum atomic E-state index is 9.13. The number of anilines is 1. The van der Waals surface area contributed by atoms with Crippen molar-refractivity contribution in [1.29, 1.82) is 0 Å². The first kappa shape index (κ1) is 13.7. The van der Waals surface area contributed by atoms with Gasteiger partial charge in [0.25, 0.3) is 0 Å². The minimum Gasteiger partial charge on any atom is -0.394 e. The van der Waals surface area contributed by atoms with E-state index in [1.54, 1.807) is 11.3 Å². The van der Waals surface area contributed by atoms with Gasteiger partial charge in [0.15, 0.2) is 0 Å². The first-order valence-corrected chi connectivity index (χ1v) is 8.31. The van der Waals surface area contributed by atoms with Gasteiger partial charge < -0.3 is 10.4 Å². The predicted molar refractivity (Wildman–Crippen MR) is 84.2 cm³/mol. The molecule has 1 unspecified atom stereocenters. The van der Waals surface area contributed by atoms with Gasteiger partial charge in [-0.1, -0.05) is 11.3 Å². The Morgan fingerprint density at radius 2 is 2.41 bits per heavy atom. The number of fused-ring (bicyclic) bond motifs is 2. The highest BCUT2D eigenvalue weighted by atomic mass is 32.1. The largest absolute Gasteiger partial charge is 0.394 e. The minimum absolute atomic E-state index is 0.120. The zero-order chi connectivity index (χ0) is 15.1. The number of nitrogens with zero attached hydrogens (tertiary/aromatic N) is 5. The SMILES string of the molecule is Cc1cn2nc(NC3CCCc4c3cnn4CCO)sc2n1. The molecule has 4 rings (SSSR count). The van der Waals surface area contributed by atoms with Gasteiger partial charge in [-0.2, -0.15) is 5.10 Å². The highest BCUT2D eigenvalue weighted by Crippen LogP contribution is 2.33. The summed E-state index contributed by atoms with van der Waals surface area (Å²) in [4.78, 5) is 5.34.